The van der Waals surface area contributed by atoms with E-state index in [2.05, 4.69) is 0 Å². The minimum Gasteiger partial charge on any atom is -0.507 e. The molecule has 0 aliphatic rings. The summed E-state index contributed by atoms with van der Waals surface area (Å²) in [4.78, 5) is 0. The third-order valence-corrected chi connectivity index (χ3v) is 3.15. The first-order valence-electron chi connectivity index (χ1n) is 5.41. The van der Waals surface area contributed by atoms with Gasteiger partial charge in [-0.1, -0.05) is 25.4 Å². The van der Waals surface area contributed by atoms with Crippen molar-refractivity contribution in [2.45, 2.75) is 46.1 Å². The van der Waals surface area contributed by atoms with Crippen molar-refractivity contribution in [3.8, 4) is 5.75 Å². The summed E-state index contributed by atoms with van der Waals surface area (Å²) in [7, 11) is 0. The summed E-state index contributed by atoms with van der Waals surface area (Å²) >= 11 is 6.12. The average molecular weight is 243 g/mol. The Kier molecular flexibility index (Phi) is 3.56. The molecule has 0 aliphatic heterocycles. The van der Waals surface area contributed by atoms with Gasteiger partial charge in [-0.05, 0) is 43.9 Å². The Morgan fingerprint density at radius 1 is 1.31 bits per heavy atom. The molecule has 16 heavy (non-hydrogen) atoms. The van der Waals surface area contributed by atoms with Gasteiger partial charge in [-0.25, -0.2) is 0 Å². The van der Waals surface area contributed by atoms with Crippen molar-refractivity contribution in [2.24, 2.45) is 0 Å². The predicted octanol–water partition coefficient (Wildman–Crippen LogP) is 3.70. The Bertz CT molecular complexity index is 403. The minimum atomic E-state index is -1.09. The molecule has 0 amide bonds. The molecule has 0 aromatic heterocycles. The standard InChI is InChI=1S/C13H19ClO2/c1-7(2)9-6-10(14)8(3)11(12(9)15)13(4,5)16/h6-7,15-16H,1-5H3. The number of aromatic hydroxyl groups is 1. The molecule has 0 heterocycles. The van der Waals surface area contributed by atoms with Crippen LogP contribution in [0.15, 0.2) is 6.07 Å². The van der Waals surface area contributed by atoms with Crippen molar-refractivity contribution >= 4 is 11.6 Å². The van der Waals surface area contributed by atoms with E-state index < -0.39 is 5.60 Å². The van der Waals surface area contributed by atoms with Crippen LogP contribution in [0.4, 0.5) is 0 Å². The SMILES string of the molecule is Cc1c(Cl)cc(C(C)C)c(O)c1C(C)(C)O. The average Bonchev–Trinajstić information content (AvgIpc) is 2.08. The Balaban J connectivity index is 3.59. The van der Waals surface area contributed by atoms with E-state index in [4.69, 9.17) is 11.6 Å². The molecule has 1 aromatic rings. The molecular formula is C13H19ClO2. The van der Waals surface area contributed by atoms with Crippen molar-refractivity contribution in [2.75, 3.05) is 0 Å². The normalized spacial score (nSPS) is 12.2. The number of rotatable bonds is 2. The lowest BCUT2D eigenvalue weighted by molar-refractivity contribution is 0.0749. The largest absolute Gasteiger partial charge is 0.507 e. The predicted molar refractivity (Wildman–Crippen MR) is 67.2 cm³/mol. The van der Waals surface area contributed by atoms with Crippen molar-refractivity contribution in [3.63, 3.8) is 0 Å². The number of halogens is 1. The van der Waals surface area contributed by atoms with Gasteiger partial charge in [0.15, 0.2) is 0 Å². The molecule has 0 bridgehead atoms. The van der Waals surface area contributed by atoms with E-state index >= 15 is 0 Å². The molecule has 2 nitrogen and oxygen atoms in total. The molecule has 3 heteroatoms. The first-order valence-corrected chi connectivity index (χ1v) is 5.78. The van der Waals surface area contributed by atoms with Gasteiger partial charge in [-0.3, -0.25) is 0 Å². The summed E-state index contributed by atoms with van der Waals surface area (Å²) < 4.78 is 0. The summed E-state index contributed by atoms with van der Waals surface area (Å²) in [5, 5.41) is 20.8. The van der Waals surface area contributed by atoms with Crippen LogP contribution in [0.5, 0.6) is 5.75 Å². The van der Waals surface area contributed by atoms with E-state index in [1.807, 2.05) is 13.8 Å². The molecule has 1 aromatic carbocycles. The molecule has 2 N–H and O–H groups in total. The van der Waals surface area contributed by atoms with Gasteiger partial charge in [-0.15, -0.1) is 0 Å². The molecular weight excluding hydrogens is 224 g/mol. The third kappa shape index (κ3) is 2.33. The van der Waals surface area contributed by atoms with Crippen molar-refractivity contribution in [1.29, 1.82) is 0 Å². The van der Waals surface area contributed by atoms with Crippen LogP contribution in [-0.4, -0.2) is 10.2 Å². The van der Waals surface area contributed by atoms with E-state index in [-0.39, 0.29) is 11.7 Å². The van der Waals surface area contributed by atoms with Crippen LogP contribution >= 0.6 is 11.6 Å². The number of aliphatic hydroxyl groups is 1. The molecule has 0 saturated carbocycles. The molecule has 0 spiro atoms. The summed E-state index contributed by atoms with van der Waals surface area (Å²) in [5.41, 5.74) is 0.926. The van der Waals surface area contributed by atoms with Crippen LogP contribution in [0.2, 0.25) is 5.02 Å². The second-order valence-electron chi connectivity index (χ2n) is 5.01. The maximum Gasteiger partial charge on any atom is 0.125 e. The van der Waals surface area contributed by atoms with Gasteiger partial charge in [0.1, 0.15) is 5.75 Å². The summed E-state index contributed by atoms with van der Waals surface area (Å²) in [6.07, 6.45) is 0. The van der Waals surface area contributed by atoms with Gasteiger partial charge in [0.05, 0.1) is 5.60 Å². The zero-order chi connectivity index (χ0) is 12.7. The lowest BCUT2D eigenvalue weighted by Crippen LogP contribution is -2.18. The van der Waals surface area contributed by atoms with E-state index in [1.54, 1.807) is 26.8 Å². The topological polar surface area (TPSA) is 40.5 Å². The zero-order valence-corrected chi connectivity index (χ0v) is 11.2. The zero-order valence-electron chi connectivity index (χ0n) is 10.4. The highest BCUT2D eigenvalue weighted by atomic mass is 35.5. The van der Waals surface area contributed by atoms with Gasteiger partial charge in [-0.2, -0.15) is 0 Å². The number of benzene rings is 1. The van der Waals surface area contributed by atoms with Crippen LogP contribution in [0, 0.1) is 6.92 Å². The Labute approximate surface area is 102 Å². The highest BCUT2D eigenvalue weighted by Crippen LogP contribution is 2.40. The molecule has 1 rings (SSSR count). The smallest absolute Gasteiger partial charge is 0.125 e. The van der Waals surface area contributed by atoms with E-state index in [1.165, 1.54) is 0 Å². The fraction of sp³-hybridized carbons (Fsp3) is 0.538. The van der Waals surface area contributed by atoms with Gasteiger partial charge in [0.2, 0.25) is 0 Å². The summed E-state index contributed by atoms with van der Waals surface area (Å²) in [6.45, 7) is 9.06. The molecule has 0 unspecified atom stereocenters. The first kappa shape index (κ1) is 13.3. The Hall–Kier alpha value is -0.730. The Morgan fingerprint density at radius 2 is 1.81 bits per heavy atom. The maximum absolute atomic E-state index is 10.2. The first-order chi connectivity index (χ1) is 7.16. The van der Waals surface area contributed by atoms with Crippen LogP contribution < -0.4 is 0 Å². The van der Waals surface area contributed by atoms with Gasteiger partial charge in [0, 0.05) is 10.6 Å². The third-order valence-electron chi connectivity index (χ3n) is 2.76. The van der Waals surface area contributed by atoms with Gasteiger partial charge in [0.25, 0.3) is 0 Å². The van der Waals surface area contributed by atoms with E-state index in [9.17, 15) is 10.2 Å². The molecule has 0 saturated heterocycles. The molecule has 0 radical (unpaired) electrons. The second-order valence-corrected chi connectivity index (χ2v) is 5.42. The highest BCUT2D eigenvalue weighted by Gasteiger charge is 2.26. The number of phenolic OH excluding ortho intramolecular Hbond substituents is 1. The van der Waals surface area contributed by atoms with Crippen molar-refractivity contribution < 1.29 is 10.2 Å². The molecule has 90 valence electrons. The quantitative estimate of drug-likeness (QED) is 0.830. The maximum atomic E-state index is 10.2. The fourth-order valence-electron chi connectivity index (χ4n) is 1.94. The lowest BCUT2D eigenvalue weighted by Gasteiger charge is -2.25. The molecule has 0 aliphatic carbocycles. The van der Waals surface area contributed by atoms with E-state index in [0.29, 0.717) is 10.6 Å². The van der Waals surface area contributed by atoms with E-state index in [0.717, 1.165) is 11.1 Å². The van der Waals surface area contributed by atoms with Crippen molar-refractivity contribution in [3.05, 3.63) is 27.8 Å². The van der Waals surface area contributed by atoms with Crippen LogP contribution in [-0.2, 0) is 5.60 Å². The molecule has 0 atom stereocenters. The minimum absolute atomic E-state index is 0.157. The second kappa shape index (κ2) is 4.27. The van der Waals surface area contributed by atoms with Gasteiger partial charge >= 0.3 is 0 Å². The summed E-state index contributed by atoms with van der Waals surface area (Å²) in [6, 6.07) is 1.77. The van der Waals surface area contributed by atoms with Crippen LogP contribution in [0.1, 0.15) is 50.3 Å². The lowest BCUT2D eigenvalue weighted by atomic mass is 9.88. The Morgan fingerprint density at radius 3 is 2.19 bits per heavy atom. The van der Waals surface area contributed by atoms with Crippen molar-refractivity contribution in [1.82, 2.24) is 0 Å². The van der Waals surface area contributed by atoms with Gasteiger partial charge < -0.3 is 10.2 Å². The number of hydrogen-bond donors (Lipinski definition) is 2. The van der Waals surface area contributed by atoms with Crippen LogP contribution in [0.25, 0.3) is 0 Å². The van der Waals surface area contributed by atoms with Crippen LogP contribution in [0.3, 0.4) is 0 Å². The highest BCUT2D eigenvalue weighted by molar-refractivity contribution is 6.31. The summed E-state index contributed by atoms with van der Waals surface area (Å²) in [5.74, 6) is 0.323. The molecule has 0 fully saturated rings. The number of hydrogen-bond acceptors (Lipinski definition) is 2. The monoisotopic (exact) mass is 242 g/mol. The number of phenols is 1. The fourth-order valence-corrected chi connectivity index (χ4v) is 2.16.